The summed E-state index contributed by atoms with van der Waals surface area (Å²) in [6, 6.07) is 40.2. The van der Waals surface area contributed by atoms with Crippen LogP contribution in [0.4, 0.5) is 0 Å². The predicted molar refractivity (Wildman–Crippen MR) is 155 cm³/mol. The highest BCUT2D eigenvalue weighted by Gasteiger charge is 2.37. The monoisotopic (exact) mass is 500 g/mol. The van der Waals surface area contributed by atoms with Gasteiger partial charge < -0.3 is 9.80 Å². The van der Waals surface area contributed by atoms with Crippen LogP contribution >= 0.6 is 0 Å². The molecule has 3 heteroatoms. The highest BCUT2D eigenvalue weighted by atomic mass is 16.2. The largest absolute Gasteiger partial charge is 0.338 e. The molecule has 2 saturated heterocycles. The smallest absolute Gasteiger partial charge is 0.253 e. The van der Waals surface area contributed by atoms with Crippen molar-refractivity contribution in [2.45, 2.75) is 24.7 Å². The lowest BCUT2D eigenvalue weighted by Crippen LogP contribution is -2.38. The molecule has 6 rings (SSSR count). The van der Waals surface area contributed by atoms with Crippen LogP contribution in [0.25, 0.3) is 11.1 Å². The van der Waals surface area contributed by atoms with E-state index in [0.29, 0.717) is 17.8 Å². The molecule has 0 bridgehead atoms. The molecule has 0 aliphatic carbocycles. The summed E-state index contributed by atoms with van der Waals surface area (Å²) in [7, 11) is 0. The molecule has 38 heavy (non-hydrogen) atoms. The normalized spacial score (nSPS) is 20.5. The Bertz CT molecular complexity index is 1310. The van der Waals surface area contributed by atoms with E-state index in [9.17, 15) is 4.79 Å². The van der Waals surface area contributed by atoms with Gasteiger partial charge in [-0.1, -0.05) is 103 Å². The van der Waals surface area contributed by atoms with E-state index in [0.717, 1.165) is 43.9 Å². The molecule has 2 unspecified atom stereocenters. The summed E-state index contributed by atoms with van der Waals surface area (Å²) in [6.07, 6.45) is 2.42. The van der Waals surface area contributed by atoms with Crippen LogP contribution in [0.15, 0.2) is 115 Å². The van der Waals surface area contributed by atoms with Gasteiger partial charge in [-0.3, -0.25) is 4.79 Å². The first-order valence-electron chi connectivity index (χ1n) is 14.0. The average molecular weight is 501 g/mol. The van der Waals surface area contributed by atoms with Crippen molar-refractivity contribution in [3.63, 3.8) is 0 Å². The molecular weight excluding hydrogens is 464 g/mol. The van der Waals surface area contributed by atoms with Gasteiger partial charge in [0.05, 0.1) is 0 Å². The van der Waals surface area contributed by atoms with Crippen molar-refractivity contribution in [2.24, 2.45) is 5.92 Å². The molecule has 2 atom stereocenters. The summed E-state index contributed by atoms with van der Waals surface area (Å²) >= 11 is 0. The van der Waals surface area contributed by atoms with E-state index in [4.69, 9.17) is 0 Å². The summed E-state index contributed by atoms with van der Waals surface area (Å²) in [4.78, 5) is 18.4. The van der Waals surface area contributed by atoms with Gasteiger partial charge >= 0.3 is 0 Å². The lowest BCUT2D eigenvalue weighted by atomic mass is 9.86. The number of hydrogen-bond donors (Lipinski definition) is 0. The Balaban J connectivity index is 1.14. The van der Waals surface area contributed by atoms with Crippen molar-refractivity contribution in [1.82, 2.24) is 9.80 Å². The van der Waals surface area contributed by atoms with E-state index < -0.39 is 0 Å². The van der Waals surface area contributed by atoms with Gasteiger partial charge in [-0.15, -0.1) is 0 Å². The Morgan fingerprint density at radius 3 is 1.82 bits per heavy atom. The van der Waals surface area contributed by atoms with E-state index in [1.54, 1.807) is 0 Å². The van der Waals surface area contributed by atoms with Gasteiger partial charge in [-0.05, 0) is 72.2 Å². The molecule has 4 aromatic rings. The summed E-state index contributed by atoms with van der Waals surface area (Å²) in [6.45, 7) is 4.92. The number of nitrogens with zero attached hydrogens (tertiary/aromatic N) is 2. The number of hydrogen-bond acceptors (Lipinski definition) is 2. The Kier molecular flexibility index (Phi) is 7.37. The predicted octanol–water partition coefficient (Wildman–Crippen LogP) is 7.09. The van der Waals surface area contributed by atoms with Crippen LogP contribution in [0, 0.1) is 5.92 Å². The highest BCUT2D eigenvalue weighted by molar-refractivity contribution is 5.95. The minimum Gasteiger partial charge on any atom is -0.338 e. The summed E-state index contributed by atoms with van der Waals surface area (Å²) in [5, 5.41) is 0. The second-order valence-electron chi connectivity index (χ2n) is 10.9. The van der Waals surface area contributed by atoms with Crippen LogP contribution < -0.4 is 0 Å². The van der Waals surface area contributed by atoms with Gasteiger partial charge in [0.15, 0.2) is 0 Å². The van der Waals surface area contributed by atoms with Crippen LogP contribution in [0.3, 0.4) is 0 Å². The van der Waals surface area contributed by atoms with Crippen LogP contribution in [0.5, 0.6) is 0 Å². The Morgan fingerprint density at radius 2 is 1.18 bits per heavy atom. The third-order valence-electron chi connectivity index (χ3n) is 8.55. The molecule has 4 aromatic carbocycles. The van der Waals surface area contributed by atoms with E-state index in [-0.39, 0.29) is 5.91 Å². The fraction of sp³-hybridized carbons (Fsp3) is 0.286. The Morgan fingerprint density at radius 1 is 0.632 bits per heavy atom. The quantitative estimate of drug-likeness (QED) is 0.282. The van der Waals surface area contributed by atoms with Crippen LogP contribution in [0.1, 0.15) is 46.2 Å². The van der Waals surface area contributed by atoms with Crippen molar-refractivity contribution in [1.29, 1.82) is 0 Å². The summed E-state index contributed by atoms with van der Waals surface area (Å²) in [5.74, 6) is 1.63. The van der Waals surface area contributed by atoms with E-state index in [2.05, 4.69) is 94.7 Å². The number of carbonyl (C=O) groups is 1. The third kappa shape index (κ3) is 5.44. The van der Waals surface area contributed by atoms with Crippen molar-refractivity contribution in [3.05, 3.63) is 132 Å². The molecule has 0 radical (unpaired) electrons. The number of rotatable bonds is 6. The second-order valence-corrected chi connectivity index (χ2v) is 10.9. The molecule has 0 aromatic heterocycles. The van der Waals surface area contributed by atoms with Gasteiger partial charge in [0, 0.05) is 31.1 Å². The number of benzene rings is 4. The van der Waals surface area contributed by atoms with Crippen LogP contribution in [-0.2, 0) is 0 Å². The first-order valence-corrected chi connectivity index (χ1v) is 14.0. The molecular formula is C35H36N2O. The SMILES string of the molecule is O=C(c1ccc(-c2ccccc2)cc1)N1CC(CN2CCC(c3ccccc3)CC2)C(c2ccccc2)C1. The molecule has 0 N–H and O–H groups in total. The number of likely N-dealkylation sites (tertiary alicyclic amines) is 2. The maximum absolute atomic E-state index is 13.6. The fourth-order valence-electron chi connectivity index (χ4n) is 6.42. The standard InChI is InChI=1S/C35H36N2O/c38-35(32-18-16-29(17-19-32)27-10-4-1-5-11-27)37-25-33(34(26-37)31-14-8-3-9-15-31)24-36-22-20-30(21-23-36)28-12-6-2-7-13-28/h1-19,30,33-34H,20-26H2. The molecule has 192 valence electrons. The zero-order chi connectivity index (χ0) is 25.7. The van der Waals surface area contributed by atoms with Gasteiger partial charge in [0.2, 0.25) is 0 Å². The zero-order valence-corrected chi connectivity index (χ0v) is 22.0. The van der Waals surface area contributed by atoms with E-state index in [1.807, 2.05) is 30.3 Å². The first kappa shape index (κ1) is 24.6. The lowest BCUT2D eigenvalue weighted by molar-refractivity contribution is 0.0781. The van der Waals surface area contributed by atoms with Gasteiger partial charge in [-0.2, -0.15) is 0 Å². The van der Waals surface area contributed by atoms with Crippen molar-refractivity contribution in [3.8, 4) is 11.1 Å². The number of amides is 1. The maximum atomic E-state index is 13.6. The Hall–Kier alpha value is -3.69. The molecule has 3 nitrogen and oxygen atoms in total. The van der Waals surface area contributed by atoms with Gasteiger partial charge in [0.1, 0.15) is 0 Å². The Labute approximate surface area is 226 Å². The van der Waals surface area contributed by atoms with E-state index >= 15 is 0 Å². The molecule has 2 fully saturated rings. The average Bonchev–Trinajstić information content (AvgIpc) is 3.42. The molecule has 0 spiro atoms. The van der Waals surface area contributed by atoms with Crippen molar-refractivity contribution in [2.75, 3.05) is 32.7 Å². The van der Waals surface area contributed by atoms with Crippen LogP contribution in [-0.4, -0.2) is 48.4 Å². The van der Waals surface area contributed by atoms with Gasteiger partial charge in [-0.25, -0.2) is 0 Å². The molecule has 0 saturated carbocycles. The minimum atomic E-state index is 0.149. The van der Waals surface area contributed by atoms with E-state index in [1.165, 1.54) is 29.5 Å². The third-order valence-corrected chi connectivity index (χ3v) is 8.55. The minimum absolute atomic E-state index is 0.149. The summed E-state index contributed by atoms with van der Waals surface area (Å²) in [5.41, 5.74) is 5.92. The first-order chi connectivity index (χ1) is 18.7. The fourth-order valence-corrected chi connectivity index (χ4v) is 6.42. The molecule has 1 amide bonds. The molecule has 2 heterocycles. The van der Waals surface area contributed by atoms with Crippen LogP contribution in [0.2, 0.25) is 0 Å². The second kappa shape index (κ2) is 11.4. The number of carbonyl (C=O) groups excluding carboxylic acids is 1. The topological polar surface area (TPSA) is 23.6 Å². The van der Waals surface area contributed by atoms with Crippen molar-refractivity contribution >= 4 is 5.91 Å². The highest BCUT2D eigenvalue weighted by Crippen LogP contribution is 2.36. The zero-order valence-electron chi connectivity index (χ0n) is 22.0. The van der Waals surface area contributed by atoms with Crippen molar-refractivity contribution < 1.29 is 4.79 Å². The molecule has 2 aliphatic rings. The molecule has 2 aliphatic heterocycles. The maximum Gasteiger partial charge on any atom is 0.253 e. The summed E-state index contributed by atoms with van der Waals surface area (Å²) < 4.78 is 0. The number of piperidine rings is 1. The lowest BCUT2D eigenvalue weighted by Gasteiger charge is -2.34. The van der Waals surface area contributed by atoms with Gasteiger partial charge in [0.25, 0.3) is 5.91 Å².